The fourth-order valence-corrected chi connectivity index (χ4v) is 2.47. The van der Waals surface area contributed by atoms with Crippen molar-refractivity contribution in [1.82, 2.24) is 4.98 Å². The highest BCUT2D eigenvalue weighted by Gasteiger charge is 2.04. The first kappa shape index (κ1) is 13.4. The van der Waals surface area contributed by atoms with E-state index in [-0.39, 0.29) is 5.69 Å². The maximum atomic E-state index is 10.5. The van der Waals surface area contributed by atoms with E-state index in [1.165, 1.54) is 12.1 Å². The molecule has 2 N–H and O–H groups in total. The van der Waals surface area contributed by atoms with Crippen LogP contribution in [-0.2, 0) is 6.42 Å². The highest BCUT2D eigenvalue weighted by Crippen LogP contribution is 2.22. The summed E-state index contributed by atoms with van der Waals surface area (Å²) >= 11 is 1.58. The quantitative estimate of drug-likeness (QED) is 0.515. The van der Waals surface area contributed by atoms with Gasteiger partial charge in [0.1, 0.15) is 5.03 Å². The number of nitrogens with two attached hydrogens (primary N) is 1. The number of aromatic nitrogens is 1. The van der Waals surface area contributed by atoms with Crippen LogP contribution >= 0.6 is 11.8 Å². The van der Waals surface area contributed by atoms with E-state index in [1.54, 1.807) is 36.2 Å². The van der Waals surface area contributed by atoms with E-state index in [9.17, 15) is 10.1 Å². The maximum Gasteiger partial charge on any atom is 0.269 e. The van der Waals surface area contributed by atoms with Gasteiger partial charge in [0.2, 0.25) is 0 Å². The second-order valence-electron chi connectivity index (χ2n) is 3.92. The van der Waals surface area contributed by atoms with Crippen molar-refractivity contribution in [2.45, 2.75) is 11.4 Å². The van der Waals surface area contributed by atoms with Crippen LogP contribution in [0.2, 0.25) is 0 Å². The number of hydrogen-bond acceptors (Lipinski definition) is 5. The van der Waals surface area contributed by atoms with E-state index in [0.29, 0.717) is 5.69 Å². The van der Waals surface area contributed by atoms with Crippen molar-refractivity contribution in [3.8, 4) is 0 Å². The average Bonchev–Trinajstić information content (AvgIpc) is 2.41. The Kier molecular flexibility index (Phi) is 4.35. The molecule has 1 aromatic heterocycles. The molecule has 0 unspecified atom stereocenters. The van der Waals surface area contributed by atoms with Crippen molar-refractivity contribution in [3.05, 3.63) is 58.3 Å². The van der Waals surface area contributed by atoms with Crippen molar-refractivity contribution in [2.75, 3.05) is 11.5 Å². The van der Waals surface area contributed by atoms with Gasteiger partial charge in [-0.3, -0.25) is 10.1 Å². The van der Waals surface area contributed by atoms with Gasteiger partial charge in [0.15, 0.2) is 0 Å². The Morgan fingerprint density at radius 1 is 1.26 bits per heavy atom. The van der Waals surface area contributed by atoms with E-state index >= 15 is 0 Å². The van der Waals surface area contributed by atoms with Gasteiger partial charge in [0, 0.05) is 24.1 Å². The zero-order valence-corrected chi connectivity index (χ0v) is 11.0. The van der Waals surface area contributed by atoms with E-state index in [2.05, 4.69) is 4.98 Å². The van der Waals surface area contributed by atoms with Crippen molar-refractivity contribution in [2.24, 2.45) is 0 Å². The number of thioether (sulfide) groups is 1. The van der Waals surface area contributed by atoms with Gasteiger partial charge >= 0.3 is 0 Å². The largest absolute Gasteiger partial charge is 0.397 e. The minimum Gasteiger partial charge on any atom is -0.397 e. The summed E-state index contributed by atoms with van der Waals surface area (Å²) in [5.74, 6) is 0.832. The molecule has 5 nitrogen and oxygen atoms in total. The van der Waals surface area contributed by atoms with Crippen molar-refractivity contribution >= 4 is 23.1 Å². The lowest BCUT2D eigenvalue weighted by Gasteiger charge is -2.04. The standard InChI is InChI=1S/C13H13N3O2S/c14-12-2-1-8-15-13(12)19-9-7-10-3-5-11(6-4-10)16(17)18/h1-6,8H,7,9,14H2. The van der Waals surface area contributed by atoms with E-state index in [0.717, 1.165) is 22.8 Å². The predicted molar refractivity (Wildman–Crippen MR) is 76.2 cm³/mol. The molecule has 0 spiro atoms. The molecule has 0 amide bonds. The van der Waals surface area contributed by atoms with Gasteiger partial charge < -0.3 is 5.73 Å². The number of anilines is 1. The van der Waals surface area contributed by atoms with E-state index in [1.807, 2.05) is 6.07 Å². The number of rotatable bonds is 5. The Morgan fingerprint density at radius 3 is 2.63 bits per heavy atom. The lowest BCUT2D eigenvalue weighted by Crippen LogP contribution is -1.94. The van der Waals surface area contributed by atoms with Crippen LogP contribution in [0.1, 0.15) is 5.56 Å². The van der Waals surface area contributed by atoms with E-state index < -0.39 is 4.92 Å². The highest BCUT2D eigenvalue weighted by molar-refractivity contribution is 7.99. The molecule has 0 radical (unpaired) electrons. The number of nitrogens with zero attached hydrogens (tertiary/aromatic N) is 2. The number of non-ortho nitro benzene ring substituents is 1. The molecule has 1 aromatic carbocycles. The third-order valence-corrected chi connectivity index (χ3v) is 3.60. The predicted octanol–water partition coefficient (Wildman–Crippen LogP) is 2.91. The molecule has 0 aliphatic carbocycles. The summed E-state index contributed by atoms with van der Waals surface area (Å²) in [6.07, 6.45) is 2.53. The fourth-order valence-electron chi connectivity index (χ4n) is 1.57. The van der Waals surface area contributed by atoms with E-state index in [4.69, 9.17) is 5.73 Å². The first-order valence-corrected chi connectivity index (χ1v) is 6.72. The molecule has 0 bridgehead atoms. The molecule has 6 heteroatoms. The van der Waals surface area contributed by atoms with Crippen LogP contribution in [0.4, 0.5) is 11.4 Å². The third-order valence-electron chi connectivity index (χ3n) is 2.58. The van der Waals surface area contributed by atoms with Crippen LogP contribution < -0.4 is 5.73 Å². The molecule has 0 atom stereocenters. The van der Waals surface area contributed by atoms with Crippen LogP contribution in [-0.4, -0.2) is 15.7 Å². The number of nitro groups is 1. The van der Waals surface area contributed by atoms with Crippen LogP contribution in [0.25, 0.3) is 0 Å². The monoisotopic (exact) mass is 275 g/mol. The molecule has 98 valence electrons. The second kappa shape index (κ2) is 6.19. The minimum absolute atomic E-state index is 0.116. The zero-order chi connectivity index (χ0) is 13.7. The number of nitrogen functional groups attached to an aromatic ring is 1. The molecule has 2 aromatic rings. The van der Waals surface area contributed by atoms with Gasteiger partial charge in [0.05, 0.1) is 10.6 Å². The fraction of sp³-hybridized carbons (Fsp3) is 0.154. The molecule has 0 fully saturated rings. The first-order valence-electron chi connectivity index (χ1n) is 5.73. The summed E-state index contributed by atoms with van der Waals surface area (Å²) in [6.45, 7) is 0. The summed E-state index contributed by atoms with van der Waals surface area (Å²) in [5.41, 5.74) is 7.65. The summed E-state index contributed by atoms with van der Waals surface area (Å²) in [4.78, 5) is 14.3. The molecule has 2 rings (SSSR count). The topological polar surface area (TPSA) is 82.0 Å². The van der Waals surface area contributed by atoms with Gasteiger partial charge in [-0.25, -0.2) is 4.98 Å². The van der Waals surface area contributed by atoms with Gasteiger partial charge in [-0.05, 0) is 24.1 Å². The number of aryl methyl sites for hydroxylation is 1. The maximum absolute atomic E-state index is 10.5. The van der Waals surface area contributed by atoms with Crippen LogP contribution in [0.5, 0.6) is 0 Å². The Morgan fingerprint density at radius 2 is 2.00 bits per heavy atom. The van der Waals surface area contributed by atoms with Gasteiger partial charge in [-0.2, -0.15) is 0 Å². The van der Waals surface area contributed by atoms with Crippen LogP contribution in [0, 0.1) is 10.1 Å². The molecule has 0 saturated heterocycles. The van der Waals surface area contributed by atoms with Crippen molar-refractivity contribution < 1.29 is 4.92 Å². The van der Waals surface area contributed by atoms with Gasteiger partial charge in [-0.1, -0.05) is 12.1 Å². The summed E-state index contributed by atoms with van der Waals surface area (Å²) < 4.78 is 0. The molecule has 0 aliphatic rings. The number of pyridine rings is 1. The van der Waals surface area contributed by atoms with Crippen LogP contribution in [0.3, 0.4) is 0 Å². The first-order chi connectivity index (χ1) is 9.16. The molecular weight excluding hydrogens is 262 g/mol. The minimum atomic E-state index is -0.396. The van der Waals surface area contributed by atoms with Gasteiger partial charge in [-0.15, -0.1) is 11.8 Å². The Bertz CT molecular complexity index is 572. The molecule has 19 heavy (non-hydrogen) atoms. The van der Waals surface area contributed by atoms with Crippen molar-refractivity contribution in [3.63, 3.8) is 0 Å². The second-order valence-corrected chi connectivity index (χ2v) is 5.00. The molecule has 1 heterocycles. The Balaban J connectivity index is 1.89. The molecule has 0 saturated carbocycles. The summed E-state index contributed by atoms with van der Waals surface area (Å²) in [7, 11) is 0. The number of nitro benzene ring substituents is 1. The summed E-state index contributed by atoms with van der Waals surface area (Å²) in [5, 5.41) is 11.4. The number of hydrogen-bond donors (Lipinski definition) is 1. The highest BCUT2D eigenvalue weighted by atomic mass is 32.2. The van der Waals surface area contributed by atoms with Gasteiger partial charge in [0.25, 0.3) is 5.69 Å². The Hall–Kier alpha value is -2.08. The normalized spacial score (nSPS) is 10.3. The van der Waals surface area contributed by atoms with Crippen LogP contribution in [0.15, 0.2) is 47.6 Å². The molecule has 0 aliphatic heterocycles. The average molecular weight is 275 g/mol. The smallest absolute Gasteiger partial charge is 0.269 e. The Labute approximate surface area is 115 Å². The summed E-state index contributed by atoms with van der Waals surface area (Å²) in [6, 6.07) is 10.2. The number of benzene rings is 1. The lowest BCUT2D eigenvalue weighted by atomic mass is 10.1. The molecular formula is C13H13N3O2S. The zero-order valence-electron chi connectivity index (χ0n) is 10.2. The lowest BCUT2D eigenvalue weighted by molar-refractivity contribution is -0.384. The SMILES string of the molecule is Nc1cccnc1SCCc1ccc([N+](=O)[O-])cc1. The third kappa shape index (κ3) is 3.69. The van der Waals surface area contributed by atoms with Crippen molar-refractivity contribution in [1.29, 1.82) is 0 Å².